The monoisotopic (exact) mass is 512 g/mol. The molecule has 3 aromatic carbocycles. The van der Waals surface area contributed by atoms with Crippen LogP contribution in [0.4, 0.5) is 4.39 Å². The van der Waals surface area contributed by atoms with E-state index in [0.29, 0.717) is 25.9 Å². The van der Waals surface area contributed by atoms with Crippen molar-refractivity contribution < 1.29 is 18.7 Å². The number of hydrogen-bond acceptors (Lipinski definition) is 4. The largest absolute Gasteiger partial charge is 0.462 e. The molecule has 6 heteroatoms. The van der Waals surface area contributed by atoms with Crippen LogP contribution >= 0.6 is 0 Å². The van der Waals surface area contributed by atoms with Crippen molar-refractivity contribution in [1.29, 1.82) is 0 Å². The Morgan fingerprint density at radius 2 is 1.68 bits per heavy atom. The van der Waals surface area contributed by atoms with E-state index in [1.807, 2.05) is 65.3 Å². The maximum atomic E-state index is 13.8. The molecule has 0 unspecified atom stereocenters. The van der Waals surface area contributed by atoms with E-state index < -0.39 is 0 Å². The van der Waals surface area contributed by atoms with Gasteiger partial charge in [-0.15, -0.1) is 0 Å². The molecule has 0 radical (unpaired) electrons. The van der Waals surface area contributed by atoms with Crippen LogP contribution in [0.5, 0.6) is 0 Å². The highest BCUT2D eigenvalue weighted by Gasteiger charge is 2.30. The lowest BCUT2D eigenvalue weighted by molar-refractivity contribution is -0.164. The Kier molecular flexibility index (Phi) is 7.99. The number of hydrogen-bond donors (Lipinski definition) is 0. The predicted octanol–water partition coefficient (Wildman–Crippen LogP) is 7.03. The summed E-state index contributed by atoms with van der Waals surface area (Å²) >= 11 is 0. The van der Waals surface area contributed by atoms with Gasteiger partial charge in [-0.25, -0.2) is 9.07 Å². The summed E-state index contributed by atoms with van der Waals surface area (Å²) in [6, 6.07) is 26.5. The lowest BCUT2D eigenvalue weighted by Gasteiger charge is -2.29. The summed E-state index contributed by atoms with van der Waals surface area (Å²) in [5.41, 5.74) is 5.96. The third kappa shape index (κ3) is 6.03. The van der Waals surface area contributed by atoms with Crippen LogP contribution in [0.1, 0.15) is 55.8 Å². The van der Waals surface area contributed by atoms with E-state index in [2.05, 4.69) is 13.8 Å². The maximum Gasteiger partial charge on any atom is 0.308 e. The molecule has 1 saturated heterocycles. The van der Waals surface area contributed by atoms with Gasteiger partial charge in [0, 0.05) is 17.5 Å². The molecular weight excluding hydrogens is 479 g/mol. The van der Waals surface area contributed by atoms with Gasteiger partial charge in [-0.1, -0.05) is 62.4 Å². The standard InChI is InChI=1S/C32H33FN2O3/c1-22(2)31-29(18-17-27-19-28(20-30(36)38-27)37-21-23-9-5-3-6-10-23)32(24-13-15-25(33)16-14-24)35(34-31)26-11-7-4-8-12-26/h3-16,22,27-28H,17-21H2,1-2H3/t27-,28-/m0/s1. The van der Waals surface area contributed by atoms with E-state index in [1.165, 1.54) is 12.1 Å². The number of nitrogens with zero attached hydrogens (tertiary/aromatic N) is 2. The van der Waals surface area contributed by atoms with Crippen molar-refractivity contribution in [3.8, 4) is 16.9 Å². The van der Waals surface area contributed by atoms with Gasteiger partial charge in [0.15, 0.2) is 0 Å². The molecule has 0 aliphatic carbocycles. The zero-order valence-corrected chi connectivity index (χ0v) is 21.8. The number of ether oxygens (including phenoxy) is 2. The first-order chi connectivity index (χ1) is 18.5. The molecule has 0 spiro atoms. The zero-order valence-electron chi connectivity index (χ0n) is 21.8. The maximum absolute atomic E-state index is 13.8. The van der Waals surface area contributed by atoms with Crippen LogP contribution in [0, 0.1) is 5.82 Å². The molecule has 4 aromatic rings. The first-order valence-corrected chi connectivity index (χ1v) is 13.3. The van der Waals surface area contributed by atoms with Crippen LogP contribution in [-0.2, 0) is 27.3 Å². The molecular formula is C32H33FN2O3. The van der Waals surface area contributed by atoms with Gasteiger partial charge in [0.2, 0.25) is 0 Å². The van der Waals surface area contributed by atoms with Crippen molar-refractivity contribution in [1.82, 2.24) is 9.78 Å². The van der Waals surface area contributed by atoms with Gasteiger partial charge in [0.25, 0.3) is 0 Å². The van der Waals surface area contributed by atoms with Crippen LogP contribution in [-0.4, -0.2) is 28.0 Å². The Morgan fingerprint density at radius 3 is 2.37 bits per heavy atom. The summed E-state index contributed by atoms with van der Waals surface area (Å²) in [4.78, 5) is 12.4. The summed E-state index contributed by atoms with van der Waals surface area (Å²) in [7, 11) is 0. The van der Waals surface area contributed by atoms with Crippen molar-refractivity contribution in [2.45, 2.75) is 64.3 Å². The summed E-state index contributed by atoms with van der Waals surface area (Å²) in [6.45, 7) is 4.73. The Balaban J connectivity index is 1.40. The highest BCUT2D eigenvalue weighted by atomic mass is 19.1. The Morgan fingerprint density at radius 1 is 1.00 bits per heavy atom. The Hall–Kier alpha value is -3.77. The Labute approximate surface area is 223 Å². The molecule has 1 aliphatic heterocycles. The SMILES string of the molecule is CC(C)c1nn(-c2ccccc2)c(-c2ccc(F)cc2)c1CC[C@H]1C[C@H](OCc2ccccc2)CC(=O)O1. The molecule has 38 heavy (non-hydrogen) atoms. The van der Waals surface area contributed by atoms with Crippen molar-refractivity contribution in [2.75, 3.05) is 0 Å². The molecule has 5 nitrogen and oxygen atoms in total. The second kappa shape index (κ2) is 11.7. The van der Waals surface area contributed by atoms with E-state index >= 15 is 0 Å². The number of halogens is 1. The van der Waals surface area contributed by atoms with Gasteiger partial charge >= 0.3 is 5.97 Å². The van der Waals surface area contributed by atoms with Crippen LogP contribution in [0.15, 0.2) is 84.9 Å². The first-order valence-electron chi connectivity index (χ1n) is 13.3. The molecule has 1 aromatic heterocycles. The lowest BCUT2D eigenvalue weighted by Crippen LogP contribution is -2.34. The van der Waals surface area contributed by atoms with Crippen LogP contribution < -0.4 is 0 Å². The third-order valence-electron chi connectivity index (χ3n) is 6.94. The highest BCUT2D eigenvalue weighted by Crippen LogP contribution is 2.35. The minimum atomic E-state index is -0.277. The number of benzene rings is 3. The number of cyclic esters (lactones) is 1. The average molecular weight is 513 g/mol. The molecule has 1 aliphatic rings. The predicted molar refractivity (Wildman–Crippen MR) is 146 cm³/mol. The molecule has 0 amide bonds. The summed E-state index contributed by atoms with van der Waals surface area (Å²) in [6.07, 6.45) is 1.86. The highest BCUT2D eigenvalue weighted by molar-refractivity contribution is 5.71. The fraction of sp³-hybridized carbons (Fsp3) is 0.312. The molecule has 1 fully saturated rings. The summed E-state index contributed by atoms with van der Waals surface area (Å²) < 4.78 is 27.6. The second-order valence-electron chi connectivity index (χ2n) is 10.1. The first kappa shape index (κ1) is 25.9. The van der Waals surface area contributed by atoms with Gasteiger partial charge < -0.3 is 9.47 Å². The van der Waals surface area contributed by atoms with Crippen LogP contribution in [0.25, 0.3) is 16.9 Å². The lowest BCUT2D eigenvalue weighted by atomic mass is 9.93. The van der Waals surface area contributed by atoms with E-state index in [-0.39, 0.29) is 36.3 Å². The van der Waals surface area contributed by atoms with Gasteiger partial charge in [0.1, 0.15) is 11.9 Å². The molecule has 2 atom stereocenters. The van der Waals surface area contributed by atoms with Crippen molar-refractivity contribution in [3.05, 3.63) is 108 Å². The molecule has 196 valence electrons. The van der Waals surface area contributed by atoms with E-state index in [9.17, 15) is 9.18 Å². The van der Waals surface area contributed by atoms with Crippen molar-refractivity contribution >= 4 is 5.97 Å². The molecule has 0 saturated carbocycles. The smallest absolute Gasteiger partial charge is 0.308 e. The average Bonchev–Trinajstić information content (AvgIpc) is 3.32. The molecule has 0 bridgehead atoms. The van der Waals surface area contributed by atoms with Gasteiger partial charge in [-0.05, 0) is 60.7 Å². The quantitative estimate of drug-likeness (QED) is 0.226. The molecule has 0 N–H and O–H groups in total. The van der Waals surface area contributed by atoms with Gasteiger partial charge in [0.05, 0.1) is 36.2 Å². The zero-order chi connectivity index (χ0) is 26.5. The number of carbonyl (C=O) groups excluding carboxylic acids is 1. The van der Waals surface area contributed by atoms with Crippen molar-refractivity contribution in [3.63, 3.8) is 0 Å². The molecule has 2 heterocycles. The Bertz CT molecular complexity index is 1350. The van der Waals surface area contributed by atoms with E-state index in [4.69, 9.17) is 14.6 Å². The van der Waals surface area contributed by atoms with E-state index in [1.54, 1.807) is 12.1 Å². The van der Waals surface area contributed by atoms with Crippen LogP contribution in [0.3, 0.4) is 0 Å². The van der Waals surface area contributed by atoms with Crippen LogP contribution in [0.2, 0.25) is 0 Å². The topological polar surface area (TPSA) is 53.4 Å². The number of esters is 1. The number of carbonyl (C=O) groups is 1. The minimum Gasteiger partial charge on any atom is -0.462 e. The minimum absolute atomic E-state index is 0.172. The summed E-state index contributed by atoms with van der Waals surface area (Å²) in [5, 5.41) is 5.03. The molecule has 5 rings (SSSR count). The van der Waals surface area contributed by atoms with Gasteiger partial charge in [-0.3, -0.25) is 4.79 Å². The normalized spacial score (nSPS) is 17.5. The summed E-state index contributed by atoms with van der Waals surface area (Å²) in [5.74, 6) is -0.312. The van der Waals surface area contributed by atoms with E-state index in [0.717, 1.165) is 33.8 Å². The number of aromatic nitrogens is 2. The van der Waals surface area contributed by atoms with Crippen molar-refractivity contribution in [2.24, 2.45) is 0 Å². The van der Waals surface area contributed by atoms with Gasteiger partial charge in [-0.2, -0.15) is 5.10 Å². The number of rotatable bonds is 9. The number of para-hydroxylation sites is 1. The second-order valence-corrected chi connectivity index (χ2v) is 10.1. The third-order valence-corrected chi connectivity index (χ3v) is 6.94. The fourth-order valence-corrected chi connectivity index (χ4v) is 5.08. The fourth-order valence-electron chi connectivity index (χ4n) is 5.08.